The maximum Gasteiger partial charge on any atom is 0.243 e. The molecular formula is C24H29BrN4O5S. The summed E-state index contributed by atoms with van der Waals surface area (Å²) in [6, 6.07) is 10.7. The first-order valence-electron chi connectivity index (χ1n) is 11.1. The van der Waals surface area contributed by atoms with Gasteiger partial charge in [-0.1, -0.05) is 41.9 Å². The van der Waals surface area contributed by atoms with Gasteiger partial charge in [0.1, 0.15) is 12.1 Å². The number of halogens is 1. The number of nitrogens with zero attached hydrogens (tertiary/aromatic N) is 2. The van der Waals surface area contributed by atoms with Gasteiger partial charge >= 0.3 is 0 Å². The van der Waals surface area contributed by atoms with Crippen LogP contribution in [-0.2, 0) is 36.8 Å². The highest BCUT2D eigenvalue weighted by Gasteiger charge is 2.52. The summed E-state index contributed by atoms with van der Waals surface area (Å²) in [5.74, 6) is -1.30. The normalized spacial score (nSPS) is 17.4. The first-order chi connectivity index (χ1) is 16.9. The molecule has 2 saturated heterocycles. The maximum absolute atomic E-state index is 13.1. The van der Waals surface area contributed by atoms with E-state index in [1.807, 2.05) is 38.1 Å². The number of nitrogens with one attached hydrogen (secondary N) is 1. The molecule has 2 aliphatic rings. The van der Waals surface area contributed by atoms with Crippen molar-refractivity contribution in [1.29, 1.82) is 5.26 Å². The van der Waals surface area contributed by atoms with Gasteiger partial charge in [-0.2, -0.15) is 5.26 Å². The van der Waals surface area contributed by atoms with Crippen molar-refractivity contribution in [2.45, 2.75) is 45.1 Å². The van der Waals surface area contributed by atoms with Crippen molar-refractivity contribution in [2.24, 2.45) is 5.73 Å². The van der Waals surface area contributed by atoms with Gasteiger partial charge in [-0.05, 0) is 23.8 Å². The molecule has 1 spiro atoms. The van der Waals surface area contributed by atoms with E-state index < -0.39 is 11.8 Å². The zero-order valence-electron chi connectivity index (χ0n) is 19.7. The molecule has 9 nitrogen and oxygen atoms in total. The first kappa shape index (κ1) is 28.5. The van der Waals surface area contributed by atoms with Gasteiger partial charge in [0.25, 0.3) is 0 Å². The van der Waals surface area contributed by atoms with Crippen molar-refractivity contribution in [3.8, 4) is 6.07 Å². The van der Waals surface area contributed by atoms with Crippen molar-refractivity contribution in [2.75, 3.05) is 19.8 Å². The Morgan fingerprint density at radius 1 is 1.31 bits per heavy atom. The topological polar surface area (TPSA) is 135 Å². The number of hydrogen-bond acceptors (Lipinski definition) is 7. The van der Waals surface area contributed by atoms with Crippen LogP contribution in [0.25, 0.3) is 0 Å². The number of hydrogen-bond donors (Lipinski definition) is 2. The van der Waals surface area contributed by atoms with E-state index in [1.165, 1.54) is 11.3 Å². The summed E-state index contributed by atoms with van der Waals surface area (Å²) < 4.78 is 12.5. The highest BCUT2D eigenvalue weighted by molar-refractivity contribution is 9.10. The minimum Gasteiger partial charge on any atom is -0.372 e. The van der Waals surface area contributed by atoms with E-state index >= 15 is 0 Å². The molecule has 4 rings (SSSR count). The van der Waals surface area contributed by atoms with Gasteiger partial charge in [0, 0.05) is 21.2 Å². The Kier molecular flexibility index (Phi) is 11.3. The third-order valence-corrected chi connectivity index (χ3v) is 6.68. The number of benzene rings is 1. The van der Waals surface area contributed by atoms with Crippen LogP contribution in [0, 0.1) is 11.3 Å². The lowest BCUT2D eigenvalue weighted by Crippen LogP contribution is -2.46. The molecule has 0 saturated carbocycles. The van der Waals surface area contributed by atoms with Crippen LogP contribution in [0.5, 0.6) is 0 Å². The van der Waals surface area contributed by atoms with Crippen molar-refractivity contribution in [3.63, 3.8) is 0 Å². The highest BCUT2D eigenvalue weighted by atomic mass is 79.9. The van der Waals surface area contributed by atoms with Gasteiger partial charge < -0.3 is 25.4 Å². The average Bonchev–Trinajstić information content (AvgIpc) is 3.61. The predicted molar refractivity (Wildman–Crippen MR) is 135 cm³/mol. The van der Waals surface area contributed by atoms with Crippen LogP contribution in [0.15, 0.2) is 40.2 Å². The Morgan fingerprint density at radius 2 is 1.94 bits per heavy atom. The number of nitriles is 1. The maximum atomic E-state index is 13.1. The summed E-state index contributed by atoms with van der Waals surface area (Å²) in [6.07, 6.45) is 0.752. The van der Waals surface area contributed by atoms with Crippen molar-refractivity contribution in [1.82, 2.24) is 10.2 Å². The molecule has 1 aromatic carbocycles. The molecule has 1 aromatic heterocycles. The number of ether oxygens (including phenoxy) is 2. The Hall–Kier alpha value is -2.78. The lowest BCUT2D eigenvalue weighted by Gasteiger charge is -2.24. The monoisotopic (exact) mass is 564 g/mol. The number of carbonyl (C=O) groups is 3. The number of primary amides is 1. The summed E-state index contributed by atoms with van der Waals surface area (Å²) in [7, 11) is 0. The SMILES string of the molecule is CC.N#Cc1csc(CNC(=O)C2CC3(CN2C(=O)Cc2ccc(Br)cc2)OCCO3)c1.NC=O. The molecule has 1 unspecified atom stereocenters. The fraction of sp³-hybridized carbons (Fsp3) is 0.417. The molecule has 3 N–H and O–H groups in total. The van der Waals surface area contributed by atoms with E-state index in [1.54, 1.807) is 16.3 Å². The van der Waals surface area contributed by atoms with Crippen molar-refractivity contribution < 1.29 is 23.9 Å². The Bertz CT molecular complexity index is 1030. The second-order valence-corrected chi connectivity index (χ2v) is 9.33. The van der Waals surface area contributed by atoms with E-state index in [0.717, 1.165) is 14.9 Å². The molecule has 11 heteroatoms. The van der Waals surface area contributed by atoms with Crippen LogP contribution in [0.2, 0.25) is 0 Å². The van der Waals surface area contributed by atoms with Crippen LogP contribution in [0.3, 0.4) is 0 Å². The summed E-state index contributed by atoms with van der Waals surface area (Å²) in [5, 5.41) is 13.6. The number of thiophene rings is 1. The van der Waals surface area contributed by atoms with E-state index in [2.05, 4.69) is 33.0 Å². The molecule has 1 atom stereocenters. The van der Waals surface area contributed by atoms with E-state index in [0.29, 0.717) is 31.7 Å². The number of carbonyl (C=O) groups excluding carboxylic acids is 3. The van der Waals surface area contributed by atoms with E-state index in [4.69, 9.17) is 19.5 Å². The summed E-state index contributed by atoms with van der Waals surface area (Å²) in [6.45, 7) is 5.45. The van der Waals surface area contributed by atoms with Crippen LogP contribution in [0.4, 0.5) is 0 Å². The summed E-state index contributed by atoms with van der Waals surface area (Å²) >= 11 is 4.81. The summed E-state index contributed by atoms with van der Waals surface area (Å²) in [5.41, 5.74) is 5.61. The zero-order chi connectivity index (χ0) is 25.8. The van der Waals surface area contributed by atoms with Crippen LogP contribution in [-0.4, -0.2) is 54.7 Å². The van der Waals surface area contributed by atoms with Gasteiger partial charge in [0.2, 0.25) is 18.2 Å². The Balaban J connectivity index is 0.000000803. The second-order valence-electron chi connectivity index (χ2n) is 7.42. The minimum absolute atomic E-state index is 0.142. The second kappa shape index (κ2) is 13.9. The minimum atomic E-state index is -0.908. The largest absolute Gasteiger partial charge is 0.372 e. The van der Waals surface area contributed by atoms with Gasteiger partial charge in [-0.25, -0.2) is 0 Å². The van der Waals surface area contributed by atoms with E-state index in [-0.39, 0.29) is 31.2 Å². The van der Waals surface area contributed by atoms with Crippen molar-refractivity contribution in [3.05, 3.63) is 56.2 Å². The average molecular weight is 565 g/mol. The fourth-order valence-electron chi connectivity index (χ4n) is 3.74. The molecule has 0 aliphatic carbocycles. The summed E-state index contributed by atoms with van der Waals surface area (Å²) in [4.78, 5) is 37.1. The van der Waals surface area contributed by atoms with Crippen LogP contribution in [0.1, 0.15) is 36.3 Å². The third kappa shape index (κ3) is 7.86. The molecule has 2 aromatic rings. The number of amides is 3. The molecule has 2 fully saturated rings. The third-order valence-electron chi connectivity index (χ3n) is 5.22. The van der Waals surface area contributed by atoms with Crippen LogP contribution < -0.4 is 11.1 Å². The molecule has 35 heavy (non-hydrogen) atoms. The van der Waals surface area contributed by atoms with Crippen molar-refractivity contribution >= 4 is 45.5 Å². The van der Waals surface area contributed by atoms with Gasteiger partial charge in [-0.15, -0.1) is 11.3 Å². The number of nitrogens with two attached hydrogens (primary N) is 1. The molecule has 3 heterocycles. The Morgan fingerprint density at radius 3 is 2.51 bits per heavy atom. The number of likely N-dealkylation sites (tertiary alicyclic amines) is 1. The first-order valence-corrected chi connectivity index (χ1v) is 12.8. The smallest absolute Gasteiger partial charge is 0.243 e. The Labute approximate surface area is 217 Å². The van der Waals surface area contributed by atoms with Gasteiger partial charge in [0.05, 0.1) is 38.3 Å². The number of rotatable bonds is 5. The van der Waals surface area contributed by atoms with E-state index in [9.17, 15) is 9.59 Å². The molecular weight excluding hydrogens is 536 g/mol. The van der Waals surface area contributed by atoms with Gasteiger partial charge in [-0.3, -0.25) is 14.4 Å². The molecule has 0 bridgehead atoms. The fourth-order valence-corrected chi connectivity index (χ4v) is 4.76. The standard InChI is InChI=1S/C21H20BrN3O4S.C2H6.CH3NO/c22-16-3-1-14(2-4-16)8-19(26)25-13-21(28-5-6-29-21)9-18(25)20(27)24-11-17-7-15(10-23)12-30-17;1-2;2-1-3/h1-4,7,12,18H,5-6,8-9,11,13H2,(H,24,27);1-2H3;1H,(H2,2,3). The lowest BCUT2D eigenvalue weighted by atomic mass is 10.1. The molecule has 188 valence electrons. The predicted octanol–water partition coefficient (Wildman–Crippen LogP) is 2.71. The molecule has 3 amide bonds. The molecule has 0 radical (unpaired) electrons. The van der Waals surface area contributed by atoms with Gasteiger partial charge in [0.15, 0.2) is 5.79 Å². The molecule has 2 aliphatic heterocycles. The zero-order valence-corrected chi connectivity index (χ0v) is 22.1. The highest BCUT2D eigenvalue weighted by Crippen LogP contribution is 2.35. The quantitative estimate of drug-likeness (QED) is 0.536. The van der Waals surface area contributed by atoms with Crippen LogP contribution >= 0.6 is 27.3 Å². The lowest BCUT2D eigenvalue weighted by molar-refractivity contribution is -0.152.